The van der Waals surface area contributed by atoms with Crippen molar-refractivity contribution in [1.29, 1.82) is 0 Å². The molecule has 0 radical (unpaired) electrons. The number of rotatable bonds is 9. The molecule has 0 bridgehead atoms. The van der Waals surface area contributed by atoms with Crippen LogP contribution in [0.15, 0.2) is 0 Å². The Hall–Kier alpha value is -0.160. The van der Waals surface area contributed by atoms with E-state index in [9.17, 15) is 0 Å². The third-order valence-corrected chi connectivity index (χ3v) is 3.99. The van der Waals surface area contributed by atoms with Crippen LogP contribution < -0.4 is 5.32 Å². The largest absolute Gasteiger partial charge is 0.381 e. The first-order valence-electron chi connectivity index (χ1n) is 7.89. The number of hydrogen-bond acceptors (Lipinski definition) is 4. The van der Waals surface area contributed by atoms with Crippen molar-refractivity contribution in [1.82, 2.24) is 5.32 Å². The Morgan fingerprint density at radius 3 is 2.79 bits per heavy atom. The SMILES string of the molecule is CCCNC1CC(OCC2CCOC2)C1OCCC. The average Bonchev–Trinajstić information content (AvgIpc) is 2.90. The van der Waals surface area contributed by atoms with Crippen LogP contribution in [0.25, 0.3) is 0 Å². The Morgan fingerprint density at radius 1 is 1.21 bits per heavy atom. The van der Waals surface area contributed by atoms with E-state index in [4.69, 9.17) is 14.2 Å². The molecule has 4 unspecified atom stereocenters. The van der Waals surface area contributed by atoms with Crippen molar-refractivity contribution in [3.63, 3.8) is 0 Å². The monoisotopic (exact) mass is 271 g/mol. The highest BCUT2D eigenvalue weighted by atomic mass is 16.5. The fraction of sp³-hybridized carbons (Fsp3) is 1.00. The summed E-state index contributed by atoms with van der Waals surface area (Å²) in [6, 6.07) is 0.483. The number of hydrogen-bond donors (Lipinski definition) is 1. The molecule has 0 spiro atoms. The van der Waals surface area contributed by atoms with E-state index in [1.54, 1.807) is 0 Å². The van der Waals surface area contributed by atoms with Gasteiger partial charge in [0.25, 0.3) is 0 Å². The van der Waals surface area contributed by atoms with Gasteiger partial charge >= 0.3 is 0 Å². The fourth-order valence-corrected chi connectivity index (χ4v) is 2.73. The summed E-state index contributed by atoms with van der Waals surface area (Å²) in [4.78, 5) is 0. The molecular formula is C15H29NO3. The number of nitrogens with one attached hydrogen (secondary N) is 1. The standard InChI is InChI=1S/C15H29NO3/c1-3-6-16-13-9-14(15(13)18-7-4-2)19-11-12-5-8-17-10-12/h12-16H,3-11H2,1-2H3. The van der Waals surface area contributed by atoms with Crippen molar-refractivity contribution in [2.24, 2.45) is 5.92 Å². The molecule has 112 valence electrons. The summed E-state index contributed by atoms with van der Waals surface area (Å²) in [5, 5.41) is 3.56. The topological polar surface area (TPSA) is 39.7 Å². The maximum absolute atomic E-state index is 6.04. The van der Waals surface area contributed by atoms with Crippen molar-refractivity contribution < 1.29 is 14.2 Å². The second-order valence-corrected chi connectivity index (χ2v) is 5.73. The third-order valence-electron chi connectivity index (χ3n) is 3.99. The molecule has 0 amide bonds. The first-order chi connectivity index (χ1) is 9.35. The van der Waals surface area contributed by atoms with Gasteiger partial charge in [0.2, 0.25) is 0 Å². The molecule has 0 aromatic rings. The van der Waals surface area contributed by atoms with Gasteiger partial charge in [0.1, 0.15) is 0 Å². The van der Waals surface area contributed by atoms with Crippen LogP contribution in [0.3, 0.4) is 0 Å². The zero-order valence-corrected chi connectivity index (χ0v) is 12.4. The average molecular weight is 271 g/mol. The van der Waals surface area contributed by atoms with E-state index in [-0.39, 0.29) is 12.2 Å². The highest BCUT2D eigenvalue weighted by molar-refractivity contribution is 4.97. The highest BCUT2D eigenvalue weighted by Crippen LogP contribution is 2.29. The molecule has 1 saturated heterocycles. The fourth-order valence-electron chi connectivity index (χ4n) is 2.73. The van der Waals surface area contributed by atoms with Gasteiger partial charge < -0.3 is 19.5 Å². The lowest BCUT2D eigenvalue weighted by Crippen LogP contribution is -2.60. The first-order valence-corrected chi connectivity index (χ1v) is 7.89. The molecule has 4 heteroatoms. The molecule has 1 aliphatic heterocycles. The quantitative estimate of drug-likeness (QED) is 0.696. The van der Waals surface area contributed by atoms with Gasteiger partial charge in [0.15, 0.2) is 0 Å². The van der Waals surface area contributed by atoms with E-state index in [0.717, 1.165) is 52.2 Å². The van der Waals surface area contributed by atoms with E-state index >= 15 is 0 Å². The van der Waals surface area contributed by atoms with Gasteiger partial charge in [-0.25, -0.2) is 0 Å². The van der Waals surface area contributed by atoms with Gasteiger partial charge in [-0.15, -0.1) is 0 Å². The van der Waals surface area contributed by atoms with E-state index in [0.29, 0.717) is 12.0 Å². The molecule has 4 atom stereocenters. The molecule has 2 aliphatic rings. The Balaban J connectivity index is 1.69. The van der Waals surface area contributed by atoms with Crippen molar-refractivity contribution in [2.75, 3.05) is 33.0 Å². The minimum Gasteiger partial charge on any atom is -0.381 e. The lowest BCUT2D eigenvalue weighted by atomic mass is 9.85. The first kappa shape index (κ1) is 15.2. The second kappa shape index (κ2) is 8.20. The molecular weight excluding hydrogens is 242 g/mol. The summed E-state index contributed by atoms with van der Waals surface area (Å²) in [6.45, 7) is 8.85. The maximum atomic E-state index is 6.04. The van der Waals surface area contributed by atoms with Crippen molar-refractivity contribution in [3.05, 3.63) is 0 Å². The summed E-state index contributed by atoms with van der Waals surface area (Å²) < 4.78 is 17.4. The molecule has 0 aromatic carbocycles. The molecule has 2 rings (SSSR count). The second-order valence-electron chi connectivity index (χ2n) is 5.73. The van der Waals surface area contributed by atoms with E-state index in [1.165, 1.54) is 6.42 Å². The molecule has 1 heterocycles. The molecule has 0 aromatic heterocycles. The van der Waals surface area contributed by atoms with Crippen molar-refractivity contribution in [3.8, 4) is 0 Å². The zero-order valence-electron chi connectivity index (χ0n) is 12.4. The minimum atomic E-state index is 0.244. The summed E-state index contributed by atoms with van der Waals surface area (Å²) in [5.41, 5.74) is 0. The highest BCUT2D eigenvalue weighted by Gasteiger charge is 2.42. The van der Waals surface area contributed by atoms with E-state index < -0.39 is 0 Å². The van der Waals surface area contributed by atoms with Crippen LogP contribution >= 0.6 is 0 Å². The maximum Gasteiger partial charge on any atom is 0.0990 e. The van der Waals surface area contributed by atoms with Crippen LogP contribution in [0.2, 0.25) is 0 Å². The predicted octanol–water partition coefficient (Wildman–Crippen LogP) is 1.98. The Labute approximate surface area is 117 Å². The summed E-state index contributed by atoms with van der Waals surface area (Å²) in [7, 11) is 0. The Kier molecular flexibility index (Phi) is 6.57. The van der Waals surface area contributed by atoms with E-state index in [1.807, 2.05) is 0 Å². The van der Waals surface area contributed by atoms with Gasteiger partial charge in [0, 0.05) is 25.2 Å². The zero-order chi connectivity index (χ0) is 13.5. The minimum absolute atomic E-state index is 0.244. The van der Waals surface area contributed by atoms with Crippen LogP contribution in [0, 0.1) is 5.92 Å². The van der Waals surface area contributed by atoms with Gasteiger partial charge in [-0.2, -0.15) is 0 Å². The summed E-state index contributed by atoms with van der Waals surface area (Å²) in [6.07, 6.45) is 4.99. The number of ether oxygens (including phenoxy) is 3. The van der Waals surface area contributed by atoms with E-state index in [2.05, 4.69) is 19.2 Å². The van der Waals surface area contributed by atoms with Gasteiger partial charge in [-0.3, -0.25) is 0 Å². The van der Waals surface area contributed by atoms with Gasteiger partial charge in [-0.1, -0.05) is 13.8 Å². The van der Waals surface area contributed by atoms with Crippen LogP contribution in [0.5, 0.6) is 0 Å². The summed E-state index contributed by atoms with van der Waals surface area (Å²) in [5.74, 6) is 0.592. The molecule has 1 N–H and O–H groups in total. The molecule has 1 aliphatic carbocycles. The van der Waals surface area contributed by atoms with Crippen LogP contribution in [-0.2, 0) is 14.2 Å². The predicted molar refractivity (Wildman–Crippen MR) is 75.4 cm³/mol. The Bertz CT molecular complexity index is 244. The molecule has 4 nitrogen and oxygen atoms in total. The molecule has 2 fully saturated rings. The van der Waals surface area contributed by atoms with Crippen LogP contribution in [0.1, 0.15) is 39.5 Å². The Morgan fingerprint density at radius 2 is 2.11 bits per heavy atom. The lowest BCUT2D eigenvalue weighted by Gasteiger charge is -2.44. The molecule has 1 saturated carbocycles. The summed E-state index contributed by atoms with van der Waals surface area (Å²) >= 11 is 0. The van der Waals surface area contributed by atoms with Gasteiger partial charge in [0.05, 0.1) is 25.4 Å². The molecule has 19 heavy (non-hydrogen) atoms. The smallest absolute Gasteiger partial charge is 0.0990 e. The van der Waals surface area contributed by atoms with Crippen LogP contribution in [-0.4, -0.2) is 51.2 Å². The van der Waals surface area contributed by atoms with Crippen LogP contribution in [0.4, 0.5) is 0 Å². The van der Waals surface area contributed by atoms with Crippen molar-refractivity contribution >= 4 is 0 Å². The van der Waals surface area contributed by atoms with Gasteiger partial charge in [-0.05, 0) is 32.2 Å². The lowest BCUT2D eigenvalue weighted by molar-refractivity contribution is -0.152. The normalized spacial score (nSPS) is 34.4. The van der Waals surface area contributed by atoms with Crippen molar-refractivity contribution in [2.45, 2.75) is 57.8 Å². The third kappa shape index (κ3) is 4.42.